The zero-order valence-electron chi connectivity index (χ0n) is 18.0. The van der Waals surface area contributed by atoms with Crippen LogP contribution in [0.1, 0.15) is 34.6 Å². The SMILES string of the molecule is CCOC(=O)c1ccc2c(c1)sc(=NC(=O)c1ccc(S(=O)(=O)CC)cc1)n2CCOC. The van der Waals surface area contributed by atoms with Crippen LogP contribution in [0.25, 0.3) is 10.2 Å². The van der Waals surface area contributed by atoms with Crippen LogP contribution in [0.5, 0.6) is 0 Å². The second-order valence-electron chi connectivity index (χ2n) is 6.78. The van der Waals surface area contributed by atoms with Crippen LogP contribution < -0.4 is 4.80 Å². The Balaban J connectivity index is 2.03. The summed E-state index contributed by atoms with van der Waals surface area (Å²) < 4.78 is 36.8. The predicted molar refractivity (Wildman–Crippen MR) is 122 cm³/mol. The highest BCUT2D eigenvalue weighted by molar-refractivity contribution is 7.91. The number of ether oxygens (including phenoxy) is 2. The van der Waals surface area contributed by atoms with Gasteiger partial charge in [0.25, 0.3) is 5.91 Å². The molecule has 3 aromatic rings. The Morgan fingerprint density at radius 1 is 1.06 bits per heavy atom. The molecule has 1 heterocycles. The number of carbonyl (C=O) groups is 2. The van der Waals surface area contributed by atoms with E-state index in [0.29, 0.717) is 23.5 Å². The van der Waals surface area contributed by atoms with Crippen LogP contribution in [-0.4, -0.2) is 50.9 Å². The largest absolute Gasteiger partial charge is 0.462 e. The first-order valence-corrected chi connectivity index (χ1v) is 12.5. The molecule has 2 aromatic carbocycles. The highest BCUT2D eigenvalue weighted by atomic mass is 32.2. The van der Waals surface area contributed by atoms with Gasteiger partial charge in [0.05, 0.1) is 39.6 Å². The average molecular weight is 477 g/mol. The van der Waals surface area contributed by atoms with Gasteiger partial charge < -0.3 is 14.0 Å². The number of thiazole rings is 1. The monoisotopic (exact) mass is 476 g/mol. The summed E-state index contributed by atoms with van der Waals surface area (Å²) in [6.45, 7) is 4.47. The van der Waals surface area contributed by atoms with E-state index >= 15 is 0 Å². The van der Waals surface area contributed by atoms with Crippen LogP contribution in [-0.2, 0) is 25.9 Å². The molecule has 0 aliphatic carbocycles. The van der Waals surface area contributed by atoms with Gasteiger partial charge in [-0.3, -0.25) is 4.79 Å². The molecule has 3 rings (SSSR count). The minimum Gasteiger partial charge on any atom is -0.462 e. The first-order chi connectivity index (χ1) is 15.3. The summed E-state index contributed by atoms with van der Waals surface area (Å²) in [7, 11) is -1.76. The maximum absolute atomic E-state index is 12.8. The van der Waals surface area contributed by atoms with E-state index in [-0.39, 0.29) is 22.8 Å². The molecule has 0 aliphatic heterocycles. The van der Waals surface area contributed by atoms with Crippen molar-refractivity contribution < 1.29 is 27.5 Å². The van der Waals surface area contributed by atoms with Crippen LogP contribution in [0.3, 0.4) is 0 Å². The summed E-state index contributed by atoms with van der Waals surface area (Å²) in [6, 6.07) is 10.9. The molecule has 0 fully saturated rings. The van der Waals surface area contributed by atoms with Gasteiger partial charge in [0.2, 0.25) is 0 Å². The molecule has 0 radical (unpaired) electrons. The molecule has 8 nitrogen and oxygen atoms in total. The number of hydrogen-bond donors (Lipinski definition) is 0. The first-order valence-electron chi connectivity index (χ1n) is 10.0. The summed E-state index contributed by atoms with van der Waals surface area (Å²) in [5, 5.41) is 0. The standard InChI is InChI=1S/C22H24N2O6S2/c1-4-30-21(26)16-8-11-18-19(14-16)31-22(24(18)12-13-29-3)23-20(25)15-6-9-17(10-7-15)32(27,28)5-2/h6-11,14H,4-5,12-13H2,1-3H3. The van der Waals surface area contributed by atoms with Gasteiger partial charge in [-0.05, 0) is 49.4 Å². The smallest absolute Gasteiger partial charge is 0.338 e. The minimum absolute atomic E-state index is 0.0141. The van der Waals surface area contributed by atoms with E-state index in [9.17, 15) is 18.0 Å². The topological polar surface area (TPSA) is 104 Å². The zero-order valence-corrected chi connectivity index (χ0v) is 19.7. The van der Waals surface area contributed by atoms with Gasteiger partial charge in [0.1, 0.15) is 0 Å². The van der Waals surface area contributed by atoms with Gasteiger partial charge in [-0.25, -0.2) is 13.2 Å². The van der Waals surface area contributed by atoms with Gasteiger partial charge >= 0.3 is 5.97 Å². The fourth-order valence-electron chi connectivity index (χ4n) is 3.02. The lowest BCUT2D eigenvalue weighted by Crippen LogP contribution is -2.19. The first kappa shape index (κ1) is 23.8. The van der Waals surface area contributed by atoms with Crippen molar-refractivity contribution in [2.75, 3.05) is 26.1 Å². The molecule has 0 aliphatic rings. The Kier molecular flexibility index (Phi) is 7.60. The van der Waals surface area contributed by atoms with E-state index in [1.165, 1.54) is 35.6 Å². The lowest BCUT2D eigenvalue weighted by molar-refractivity contribution is 0.0526. The Labute approximate surface area is 190 Å². The van der Waals surface area contributed by atoms with E-state index < -0.39 is 21.7 Å². The van der Waals surface area contributed by atoms with Gasteiger partial charge in [0.15, 0.2) is 14.6 Å². The maximum Gasteiger partial charge on any atom is 0.338 e. The fraction of sp³-hybridized carbons (Fsp3) is 0.318. The summed E-state index contributed by atoms with van der Waals surface area (Å²) in [5.41, 5.74) is 1.52. The minimum atomic E-state index is -3.34. The number of sulfone groups is 1. The highest BCUT2D eigenvalue weighted by Crippen LogP contribution is 2.20. The number of hydrogen-bond acceptors (Lipinski definition) is 7. The van der Waals surface area contributed by atoms with Crippen LogP contribution in [0, 0.1) is 0 Å². The number of fused-ring (bicyclic) bond motifs is 1. The number of carbonyl (C=O) groups excluding carboxylic acids is 2. The number of esters is 1. The van der Waals surface area contributed by atoms with E-state index in [1.54, 1.807) is 39.2 Å². The molecule has 0 unspecified atom stereocenters. The van der Waals surface area contributed by atoms with Gasteiger partial charge in [0, 0.05) is 19.2 Å². The van der Waals surface area contributed by atoms with E-state index in [2.05, 4.69) is 4.99 Å². The quantitative estimate of drug-likeness (QED) is 0.463. The predicted octanol–water partition coefficient (Wildman–Crippen LogP) is 3.06. The molecular weight excluding hydrogens is 452 g/mol. The zero-order chi connectivity index (χ0) is 23.3. The Bertz CT molecular complexity index is 1300. The molecule has 0 saturated heterocycles. The molecule has 0 N–H and O–H groups in total. The number of amides is 1. The molecular formula is C22H24N2O6S2. The van der Waals surface area contributed by atoms with E-state index in [4.69, 9.17) is 9.47 Å². The summed E-state index contributed by atoms with van der Waals surface area (Å²) in [6.07, 6.45) is 0. The Hall–Kier alpha value is -2.82. The molecule has 1 aromatic heterocycles. The van der Waals surface area contributed by atoms with Crippen LogP contribution in [0.2, 0.25) is 0 Å². The van der Waals surface area contributed by atoms with Crippen molar-refractivity contribution in [2.45, 2.75) is 25.3 Å². The van der Waals surface area contributed by atoms with Crippen molar-refractivity contribution in [3.05, 3.63) is 58.4 Å². The van der Waals surface area contributed by atoms with Gasteiger partial charge in [-0.15, -0.1) is 0 Å². The molecule has 0 spiro atoms. The average Bonchev–Trinajstić information content (AvgIpc) is 3.13. The van der Waals surface area contributed by atoms with Crippen molar-refractivity contribution in [3.63, 3.8) is 0 Å². The number of aromatic nitrogens is 1. The third-order valence-corrected chi connectivity index (χ3v) is 7.54. The van der Waals surface area contributed by atoms with Crippen LogP contribution in [0.15, 0.2) is 52.4 Å². The molecule has 0 bridgehead atoms. The third kappa shape index (κ3) is 5.14. The second kappa shape index (κ2) is 10.2. The molecule has 0 atom stereocenters. The van der Waals surface area contributed by atoms with Crippen molar-refractivity contribution in [3.8, 4) is 0 Å². The highest BCUT2D eigenvalue weighted by Gasteiger charge is 2.15. The summed E-state index contributed by atoms with van der Waals surface area (Å²) in [5.74, 6) is -0.920. The molecule has 10 heteroatoms. The van der Waals surface area contributed by atoms with Crippen molar-refractivity contribution in [1.29, 1.82) is 0 Å². The Morgan fingerprint density at radius 3 is 2.38 bits per heavy atom. The molecule has 32 heavy (non-hydrogen) atoms. The molecule has 0 saturated carbocycles. The molecule has 170 valence electrons. The lowest BCUT2D eigenvalue weighted by atomic mass is 10.2. The van der Waals surface area contributed by atoms with Crippen LogP contribution in [0.4, 0.5) is 0 Å². The van der Waals surface area contributed by atoms with E-state index in [0.717, 1.165) is 10.2 Å². The Morgan fingerprint density at radius 2 is 1.75 bits per heavy atom. The van der Waals surface area contributed by atoms with Gasteiger partial charge in [-0.2, -0.15) is 4.99 Å². The van der Waals surface area contributed by atoms with Crippen molar-refractivity contribution in [2.24, 2.45) is 4.99 Å². The number of nitrogens with zero attached hydrogens (tertiary/aromatic N) is 2. The second-order valence-corrected chi connectivity index (χ2v) is 10.1. The number of rotatable bonds is 8. The number of benzene rings is 2. The number of methoxy groups -OCH3 is 1. The normalized spacial score (nSPS) is 12.3. The maximum atomic E-state index is 12.8. The fourth-order valence-corrected chi connectivity index (χ4v) is 5.00. The molecule has 1 amide bonds. The van der Waals surface area contributed by atoms with Crippen LogP contribution >= 0.6 is 11.3 Å². The lowest BCUT2D eigenvalue weighted by Gasteiger charge is -2.05. The van der Waals surface area contributed by atoms with Crippen molar-refractivity contribution in [1.82, 2.24) is 4.57 Å². The van der Waals surface area contributed by atoms with E-state index in [1.807, 2.05) is 4.57 Å². The third-order valence-electron chi connectivity index (χ3n) is 4.75. The van der Waals surface area contributed by atoms with Crippen molar-refractivity contribution >= 4 is 43.3 Å². The summed E-state index contributed by atoms with van der Waals surface area (Å²) in [4.78, 5) is 29.7. The van der Waals surface area contributed by atoms with Gasteiger partial charge in [-0.1, -0.05) is 18.3 Å². The summed E-state index contributed by atoms with van der Waals surface area (Å²) >= 11 is 1.27.